The minimum Gasteiger partial charge on any atom is -0.452 e. The van der Waals surface area contributed by atoms with Crippen molar-refractivity contribution >= 4 is 29.5 Å². The predicted octanol–water partition coefficient (Wildman–Crippen LogP) is 1.60. The molecule has 0 saturated heterocycles. The molecule has 0 aliphatic rings. The molecule has 2 rings (SSSR count). The quantitative estimate of drug-likeness (QED) is 0.702. The second kappa shape index (κ2) is 8.43. The van der Waals surface area contributed by atoms with E-state index < -0.39 is 24.5 Å². The van der Waals surface area contributed by atoms with Gasteiger partial charge in [-0.25, -0.2) is 9.59 Å². The number of primary amides is 1. The van der Waals surface area contributed by atoms with E-state index in [-0.39, 0.29) is 17.2 Å². The largest absolute Gasteiger partial charge is 0.452 e. The Morgan fingerprint density at radius 3 is 2.46 bits per heavy atom. The van der Waals surface area contributed by atoms with Crippen molar-refractivity contribution in [2.75, 3.05) is 11.9 Å². The van der Waals surface area contributed by atoms with E-state index in [1.807, 2.05) is 13.0 Å². The molecule has 0 radical (unpaired) electrons. The van der Waals surface area contributed by atoms with Crippen LogP contribution in [0.3, 0.4) is 0 Å². The maximum atomic E-state index is 12.3. The second-order valence-corrected chi connectivity index (χ2v) is 5.36. The molecule has 134 valence electrons. The molecule has 0 unspecified atom stereocenters. The molecule has 0 aliphatic heterocycles. The van der Waals surface area contributed by atoms with Gasteiger partial charge in [-0.3, -0.25) is 14.9 Å². The predicted molar refractivity (Wildman–Crippen MR) is 93.6 cm³/mol. The van der Waals surface area contributed by atoms with E-state index in [1.54, 1.807) is 35.6 Å². The minimum atomic E-state index is -1.04. The number of imide groups is 1. The van der Waals surface area contributed by atoms with Gasteiger partial charge in [0.05, 0.1) is 11.3 Å². The topological polar surface area (TPSA) is 128 Å². The molecule has 4 N–H and O–H groups in total. The summed E-state index contributed by atoms with van der Waals surface area (Å²) < 4.78 is 4.83. The van der Waals surface area contributed by atoms with Gasteiger partial charge in [-0.2, -0.15) is 0 Å². The van der Waals surface area contributed by atoms with Gasteiger partial charge in [0.1, 0.15) is 0 Å². The Balaban J connectivity index is 2.09. The van der Waals surface area contributed by atoms with E-state index in [4.69, 9.17) is 10.5 Å². The Labute approximate surface area is 149 Å². The van der Waals surface area contributed by atoms with Crippen molar-refractivity contribution in [3.63, 3.8) is 0 Å². The summed E-state index contributed by atoms with van der Waals surface area (Å²) in [7, 11) is 0. The standard InChI is InChI=1S/C18H17N3O5/c1-11-5-4-6-12(9-11)16(23)20-14-8-3-2-7-13(14)17(24)26-10-15(22)21-18(19)25/h2-9H,10H2,1H3,(H,20,23)(H3,19,21,22,25). The summed E-state index contributed by atoms with van der Waals surface area (Å²) in [6.07, 6.45) is 0. The van der Waals surface area contributed by atoms with Crippen molar-refractivity contribution in [1.82, 2.24) is 5.32 Å². The molecule has 0 aliphatic carbocycles. The van der Waals surface area contributed by atoms with Crippen LogP contribution in [0.1, 0.15) is 26.3 Å². The van der Waals surface area contributed by atoms with Crippen LogP contribution in [0.2, 0.25) is 0 Å². The third kappa shape index (κ3) is 5.17. The lowest BCUT2D eigenvalue weighted by Crippen LogP contribution is -2.37. The summed E-state index contributed by atoms with van der Waals surface area (Å²) in [6, 6.07) is 12.1. The van der Waals surface area contributed by atoms with E-state index in [1.165, 1.54) is 12.1 Å². The average Bonchev–Trinajstić information content (AvgIpc) is 2.59. The average molecular weight is 355 g/mol. The highest BCUT2D eigenvalue weighted by atomic mass is 16.5. The molecule has 0 fully saturated rings. The van der Waals surface area contributed by atoms with Crippen LogP contribution in [0.4, 0.5) is 10.5 Å². The molecule has 0 heterocycles. The zero-order valence-electron chi connectivity index (χ0n) is 13.9. The number of para-hydroxylation sites is 1. The third-order valence-corrected chi connectivity index (χ3v) is 3.27. The number of nitrogens with one attached hydrogen (secondary N) is 2. The fourth-order valence-corrected chi connectivity index (χ4v) is 2.13. The first-order chi connectivity index (χ1) is 12.4. The van der Waals surface area contributed by atoms with E-state index in [0.29, 0.717) is 5.56 Å². The number of amides is 4. The van der Waals surface area contributed by atoms with Crippen LogP contribution in [0.15, 0.2) is 48.5 Å². The molecule has 0 bridgehead atoms. The van der Waals surface area contributed by atoms with E-state index >= 15 is 0 Å². The molecule has 8 nitrogen and oxygen atoms in total. The number of nitrogens with two attached hydrogens (primary N) is 1. The fourth-order valence-electron chi connectivity index (χ4n) is 2.13. The van der Waals surface area contributed by atoms with E-state index in [2.05, 4.69) is 5.32 Å². The van der Waals surface area contributed by atoms with E-state index in [0.717, 1.165) is 5.56 Å². The van der Waals surface area contributed by atoms with Crippen molar-refractivity contribution in [3.8, 4) is 0 Å². The Morgan fingerprint density at radius 2 is 1.77 bits per heavy atom. The first-order valence-electron chi connectivity index (χ1n) is 7.60. The van der Waals surface area contributed by atoms with Gasteiger partial charge in [0.15, 0.2) is 6.61 Å². The molecule has 8 heteroatoms. The number of benzene rings is 2. The maximum Gasteiger partial charge on any atom is 0.340 e. The summed E-state index contributed by atoms with van der Waals surface area (Å²) in [4.78, 5) is 46.4. The zero-order chi connectivity index (χ0) is 19.1. The van der Waals surface area contributed by atoms with Crippen LogP contribution in [0, 0.1) is 6.92 Å². The van der Waals surface area contributed by atoms with Crippen LogP contribution < -0.4 is 16.4 Å². The monoisotopic (exact) mass is 355 g/mol. The molecule has 2 aromatic carbocycles. The van der Waals surface area contributed by atoms with Crippen LogP contribution in [-0.4, -0.2) is 30.4 Å². The molecule has 0 atom stereocenters. The smallest absolute Gasteiger partial charge is 0.340 e. The molecule has 26 heavy (non-hydrogen) atoms. The molecule has 0 aromatic heterocycles. The number of urea groups is 1. The summed E-state index contributed by atoms with van der Waals surface area (Å²) in [5, 5.41) is 4.42. The molecule has 2 aromatic rings. The van der Waals surface area contributed by atoms with E-state index in [9.17, 15) is 19.2 Å². The lowest BCUT2D eigenvalue weighted by molar-refractivity contribution is -0.123. The summed E-state index contributed by atoms with van der Waals surface area (Å²) in [6.45, 7) is 1.18. The van der Waals surface area contributed by atoms with Gasteiger partial charge in [-0.1, -0.05) is 29.8 Å². The van der Waals surface area contributed by atoms with Crippen LogP contribution in [-0.2, 0) is 9.53 Å². The van der Waals surface area contributed by atoms with Crippen LogP contribution >= 0.6 is 0 Å². The number of anilines is 1. The van der Waals surface area contributed by atoms with Gasteiger partial charge in [0.25, 0.3) is 11.8 Å². The molecule has 4 amide bonds. The Kier molecular flexibility index (Phi) is 6.05. The number of aryl methyl sites for hydroxylation is 1. The van der Waals surface area contributed by atoms with Crippen LogP contribution in [0.5, 0.6) is 0 Å². The molecule has 0 saturated carbocycles. The first-order valence-corrected chi connectivity index (χ1v) is 7.60. The number of carbonyl (C=O) groups excluding carboxylic acids is 4. The van der Waals surface area contributed by atoms with Gasteiger partial charge in [-0.15, -0.1) is 0 Å². The lowest BCUT2D eigenvalue weighted by atomic mass is 10.1. The first kappa shape index (κ1) is 18.7. The second-order valence-electron chi connectivity index (χ2n) is 5.36. The summed E-state index contributed by atoms with van der Waals surface area (Å²) in [5.74, 6) is -2.07. The number of ether oxygens (including phenoxy) is 1. The highest BCUT2D eigenvalue weighted by molar-refractivity contribution is 6.08. The normalized spacial score (nSPS) is 9.88. The van der Waals surface area contributed by atoms with Crippen molar-refractivity contribution in [3.05, 3.63) is 65.2 Å². The summed E-state index contributed by atoms with van der Waals surface area (Å²) in [5.41, 5.74) is 6.46. The van der Waals surface area contributed by atoms with Gasteiger partial charge < -0.3 is 15.8 Å². The number of carbonyl (C=O) groups is 4. The Hall–Kier alpha value is -3.68. The fraction of sp³-hybridized carbons (Fsp3) is 0.111. The minimum absolute atomic E-state index is 0.0698. The molecular formula is C18H17N3O5. The summed E-state index contributed by atoms with van der Waals surface area (Å²) >= 11 is 0. The zero-order valence-corrected chi connectivity index (χ0v) is 13.9. The van der Waals surface area contributed by atoms with Gasteiger partial charge in [0.2, 0.25) is 0 Å². The molecular weight excluding hydrogens is 338 g/mol. The number of hydrogen-bond donors (Lipinski definition) is 3. The number of rotatable bonds is 5. The van der Waals surface area contributed by atoms with Crippen molar-refractivity contribution < 1.29 is 23.9 Å². The van der Waals surface area contributed by atoms with Gasteiger partial charge >= 0.3 is 12.0 Å². The van der Waals surface area contributed by atoms with Crippen molar-refractivity contribution in [1.29, 1.82) is 0 Å². The Bertz CT molecular complexity index is 863. The van der Waals surface area contributed by atoms with Crippen molar-refractivity contribution in [2.45, 2.75) is 6.92 Å². The Morgan fingerprint density at radius 1 is 1.04 bits per heavy atom. The number of hydrogen-bond acceptors (Lipinski definition) is 5. The van der Waals surface area contributed by atoms with Gasteiger partial charge in [0, 0.05) is 5.56 Å². The maximum absolute atomic E-state index is 12.3. The van der Waals surface area contributed by atoms with Gasteiger partial charge in [-0.05, 0) is 31.2 Å². The SMILES string of the molecule is Cc1cccc(C(=O)Nc2ccccc2C(=O)OCC(=O)NC(N)=O)c1. The highest BCUT2D eigenvalue weighted by Crippen LogP contribution is 2.17. The number of esters is 1. The van der Waals surface area contributed by atoms with Crippen molar-refractivity contribution in [2.24, 2.45) is 5.73 Å². The third-order valence-electron chi connectivity index (χ3n) is 3.27. The molecule has 0 spiro atoms. The lowest BCUT2D eigenvalue weighted by Gasteiger charge is -2.11. The highest BCUT2D eigenvalue weighted by Gasteiger charge is 2.17. The van der Waals surface area contributed by atoms with Crippen LogP contribution in [0.25, 0.3) is 0 Å².